The van der Waals surface area contributed by atoms with E-state index < -0.39 is 5.91 Å². The van der Waals surface area contributed by atoms with Crippen molar-refractivity contribution in [2.45, 2.75) is 19.8 Å². The molecule has 0 spiro atoms. The van der Waals surface area contributed by atoms with Crippen LogP contribution in [0.25, 0.3) is 17.0 Å². The first-order valence-electron chi connectivity index (χ1n) is 11.5. The fourth-order valence-corrected chi connectivity index (χ4v) is 3.48. The summed E-state index contributed by atoms with van der Waals surface area (Å²) in [4.78, 5) is 24.6. The van der Waals surface area contributed by atoms with Gasteiger partial charge < -0.3 is 25.4 Å². The molecule has 11 nitrogen and oxygen atoms in total. The number of nitrogens with zero attached hydrogens (tertiary/aromatic N) is 4. The van der Waals surface area contributed by atoms with E-state index >= 15 is 0 Å². The topological polar surface area (TPSA) is 140 Å². The Morgan fingerprint density at radius 2 is 1.89 bits per heavy atom. The van der Waals surface area contributed by atoms with Crippen molar-refractivity contribution in [3.05, 3.63) is 54.4 Å². The second kappa shape index (κ2) is 10.8. The Morgan fingerprint density at radius 3 is 2.53 bits per heavy atom. The summed E-state index contributed by atoms with van der Waals surface area (Å²) in [6, 6.07) is 10.6. The zero-order valence-electron chi connectivity index (χ0n) is 20.3. The molecule has 0 saturated heterocycles. The molecule has 186 valence electrons. The van der Waals surface area contributed by atoms with E-state index in [0.717, 1.165) is 12.8 Å². The van der Waals surface area contributed by atoms with Crippen LogP contribution in [0.1, 0.15) is 35.9 Å². The number of hydrogen-bond acceptors (Lipinski definition) is 9. The normalized spacial score (nSPS) is 12.4. The largest absolute Gasteiger partial charge is 0.494 e. The number of hydrogen-bond donors (Lipinski definition) is 3. The molecule has 11 heteroatoms. The van der Waals surface area contributed by atoms with E-state index in [4.69, 9.17) is 9.47 Å². The highest BCUT2D eigenvalue weighted by atomic mass is 16.5. The molecule has 0 atom stereocenters. The van der Waals surface area contributed by atoms with Crippen LogP contribution in [0.5, 0.6) is 5.75 Å². The maximum absolute atomic E-state index is 12.4. The highest BCUT2D eigenvalue weighted by Gasteiger charge is 2.30. The van der Waals surface area contributed by atoms with Crippen molar-refractivity contribution in [2.24, 2.45) is 5.92 Å². The molecule has 4 rings (SSSR count). The van der Waals surface area contributed by atoms with Crippen molar-refractivity contribution >= 4 is 34.8 Å². The molecule has 2 heterocycles. The highest BCUT2D eigenvalue weighted by Crippen LogP contribution is 2.38. The number of nitrogens with one attached hydrogen (secondary N) is 3. The average Bonchev–Trinajstić information content (AvgIpc) is 3.74. The molecule has 0 radical (unpaired) electrons. The average molecular weight is 490 g/mol. The van der Waals surface area contributed by atoms with Gasteiger partial charge in [-0.25, -0.2) is 0 Å². The Labute approximate surface area is 208 Å². The number of amides is 2. The Bertz CT molecular complexity index is 1290. The minimum Gasteiger partial charge on any atom is -0.494 e. The molecule has 2 aromatic heterocycles. The van der Waals surface area contributed by atoms with Crippen molar-refractivity contribution in [3.63, 3.8) is 0 Å². The Hall–Kier alpha value is -4.54. The number of benzene rings is 1. The van der Waals surface area contributed by atoms with Gasteiger partial charge in [0.25, 0.3) is 5.91 Å². The minimum atomic E-state index is -0.434. The van der Waals surface area contributed by atoms with Crippen molar-refractivity contribution in [1.82, 2.24) is 25.7 Å². The molecule has 2 amide bonds. The fourth-order valence-electron chi connectivity index (χ4n) is 3.48. The molecule has 36 heavy (non-hydrogen) atoms. The molecule has 3 aromatic rings. The molecule has 0 bridgehead atoms. The quantitative estimate of drug-likeness (QED) is 0.365. The lowest BCUT2D eigenvalue weighted by molar-refractivity contribution is -0.117. The summed E-state index contributed by atoms with van der Waals surface area (Å²) in [6.45, 7) is 6.20. The highest BCUT2D eigenvalue weighted by molar-refractivity contribution is 6.00. The van der Waals surface area contributed by atoms with E-state index in [1.54, 1.807) is 24.3 Å². The van der Waals surface area contributed by atoms with Gasteiger partial charge in [-0.2, -0.15) is 0 Å². The summed E-state index contributed by atoms with van der Waals surface area (Å²) in [7, 11) is 3.04. The maximum Gasteiger partial charge on any atom is 0.273 e. The molecule has 1 saturated carbocycles. The van der Waals surface area contributed by atoms with Gasteiger partial charge in [-0.3, -0.25) is 9.59 Å². The first-order valence-corrected chi connectivity index (χ1v) is 11.5. The number of aromatic nitrogens is 4. The zero-order chi connectivity index (χ0) is 25.7. The van der Waals surface area contributed by atoms with Gasteiger partial charge in [-0.15, -0.1) is 20.4 Å². The van der Waals surface area contributed by atoms with Crippen LogP contribution in [0.15, 0.2) is 43.0 Å². The Kier molecular flexibility index (Phi) is 7.38. The van der Waals surface area contributed by atoms with Gasteiger partial charge in [0.1, 0.15) is 11.5 Å². The number of rotatable bonds is 10. The molecule has 1 fully saturated rings. The lowest BCUT2D eigenvalue weighted by Crippen LogP contribution is -2.22. The van der Waals surface area contributed by atoms with Crippen LogP contribution in [-0.4, -0.2) is 53.0 Å². The van der Waals surface area contributed by atoms with Crippen LogP contribution in [0.4, 0.5) is 17.2 Å². The van der Waals surface area contributed by atoms with E-state index in [1.807, 2.05) is 19.1 Å². The van der Waals surface area contributed by atoms with Crippen LogP contribution < -0.4 is 20.7 Å². The maximum atomic E-state index is 12.4. The van der Waals surface area contributed by atoms with Crippen LogP contribution >= 0.6 is 0 Å². The van der Waals surface area contributed by atoms with Gasteiger partial charge >= 0.3 is 0 Å². The molecular formula is C25H27N7O4. The van der Waals surface area contributed by atoms with Crippen molar-refractivity contribution < 1.29 is 19.1 Å². The predicted octanol–water partition coefficient (Wildman–Crippen LogP) is 3.40. The Morgan fingerprint density at radius 1 is 1.08 bits per heavy atom. The number of methoxy groups -OCH3 is 1. The lowest BCUT2D eigenvalue weighted by Gasteiger charge is -2.16. The second-order valence-electron chi connectivity index (χ2n) is 8.01. The number of carbonyl (C=O) groups is 2. The number of anilines is 3. The summed E-state index contributed by atoms with van der Waals surface area (Å²) in [6.07, 6.45) is 1.71. The number of para-hydroxylation sites is 1. The third-order valence-corrected chi connectivity index (χ3v) is 5.47. The van der Waals surface area contributed by atoms with Gasteiger partial charge in [-0.1, -0.05) is 12.6 Å². The summed E-state index contributed by atoms with van der Waals surface area (Å²) in [5, 5.41) is 25.0. The predicted molar refractivity (Wildman–Crippen MR) is 135 cm³/mol. The first kappa shape index (κ1) is 24.6. The van der Waals surface area contributed by atoms with Crippen molar-refractivity contribution in [2.75, 3.05) is 31.4 Å². The summed E-state index contributed by atoms with van der Waals surface area (Å²) >= 11 is 0. The molecule has 0 unspecified atom stereocenters. The van der Waals surface area contributed by atoms with Crippen LogP contribution in [-0.2, 0) is 9.53 Å². The van der Waals surface area contributed by atoms with Crippen LogP contribution in [0.3, 0.4) is 0 Å². The standard InChI is InChI=1S/C25H27N7O4/c1-5-36-14(2)17-11-12-18(30-29-17)16-7-6-8-19(23(16)35-4)27-20-13-21(28-24(33)15-9-10-15)31-32-22(20)25(34)26-3/h6-8,11-13,15H,2,5,9-10H2,1,3-4H3,(H,26,34)(H2,27,28,31,33). The first-order chi connectivity index (χ1) is 17.4. The fraction of sp³-hybridized carbons (Fsp3) is 0.280. The molecule has 0 aliphatic heterocycles. The number of carbonyl (C=O) groups excluding carboxylic acids is 2. The van der Waals surface area contributed by atoms with Crippen molar-refractivity contribution in [1.29, 1.82) is 0 Å². The van der Waals surface area contributed by atoms with Gasteiger partial charge in [0.15, 0.2) is 17.3 Å². The zero-order valence-corrected chi connectivity index (χ0v) is 20.3. The summed E-state index contributed by atoms with van der Waals surface area (Å²) in [5.41, 5.74) is 2.74. The van der Waals surface area contributed by atoms with E-state index in [2.05, 4.69) is 42.9 Å². The summed E-state index contributed by atoms with van der Waals surface area (Å²) < 4.78 is 11.1. The molecule has 1 aliphatic carbocycles. The van der Waals surface area contributed by atoms with Gasteiger partial charge in [0.2, 0.25) is 5.91 Å². The third kappa shape index (κ3) is 5.40. The SMILES string of the molecule is C=C(OCC)c1ccc(-c2cccc(Nc3cc(NC(=O)C4CC4)nnc3C(=O)NC)c2OC)nn1. The van der Waals surface area contributed by atoms with E-state index in [-0.39, 0.29) is 23.3 Å². The molecule has 3 N–H and O–H groups in total. The molecule has 1 aromatic carbocycles. The van der Waals surface area contributed by atoms with Crippen LogP contribution in [0.2, 0.25) is 0 Å². The Balaban J connectivity index is 1.67. The number of ether oxygens (including phenoxy) is 2. The van der Waals surface area contributed by atoms with E-state index in [9.17, 15) is 9.59 Å². The van der Waals surface area contributed by atoms with E-state index in [1.165, 1.54) is 14.2 Å². The second-order valence-corrected chi connectivity index (χ2v) is 8.01. The van der Waals surface area contributed by atoms with Gasteiger partial charge in [0, 0.05) is 24.6 Å². The lowest BCUT2D eigenvalue weighted by atomic mass is 10.1. The van der Waals surface area contributed by atoms with Crippen molar-refractivity contribution in [3.8, 4) is 17.0 Å². The van der Waals surface area contributed by atoms with Crippen LogP contribution in [0, 0.1) is 5.92 Å². The molecule has 1 aliphatic rings. The monoisotopic (exact) mass is 489 g/mol. The third-order valence-electron chi connectivity index (χ3n) is 5.47. The minimum absolute atomic E-state index is 0.00296. The van der Waals surface area contributed by atoms with E-state index in [0.29, 0.717) is 46.4 Å². The van der Waals surface area contributed by atoms with Gasteiger partial charge in [-0.05, 0) is 44.0 Å². The van der Waals surface area contributed by atoms with Gasteiger partial charge in [0.05, 0.1) is 30.8 Å². The molecular weight excluding hydrogens is 462 g/mol. The summed E-state index contributed by atoms with van der Waals surface area (Å²) in [5.74, 6) is 0.611. The smallest absolute Gasteiger partial charge is 0.273 e.